The molecule has 96 valence electrons. The summed E-state index contributed by atoms with van der Waals surface area (Å²) in [6.45, 7) is 8.24. The van der Waals surface area contributed by atoms with Crippen LogP contribution in [-0.2, 0) is 0 Å². The molecule has 1 aliphatic carbocycles. The molecule has 1 aliphatic rings. The first-order valence-electron chi connectivity index (χ1n) is 6.89. The van der Waals surface area contributed by atoms with Crippen molar-refractivity contribution in [3.8, 4) is 0 Å². The van der Waals surface area contributed by atoms with E-state index in [0.29, 0.717) is 5.41 Å². The van der Waals surface area contributed by atoms with Crippen molar-refractivity contribution in [3.05, 3.63) is 0 Å². The van der Waals surface area contributed by atoms with E-state index >= 15 is 0 Å². The summed E-state index contributed by atoms with van der Waals surface area (Å²) in [5, 5.41) is 3.66. The summed E-state index contributed by atoms with van der Waals surface area (Å²) in [5.74, 6) is 0.841. The molecular formula is C14H30N2. The van der Waals surface area contributed by atoms with E-state index in [2.05, 4.69) is 38.2 Å². The molecule has 16 heavy (non-hydrogen) atoms. The summed E-state index contributed by atoms with van der Waals surface area (Å²) in [6.07, 6.45) is 7.19. The number of nitrogens with one attached hydrogen (secondary N) is 1. The van der Waals surface area contributed by atoms with Gasteiger partial charge in [0.05, 0.1) is 0 Å². The molecule has 0 aromatic carbocycles. The molecule has 0 bridgehead atoms. The van der Waals surface area contributed by atoms with E-state index < -0.39 is 0 Å². The maximum absolute atomic E-state index is 3.66. The van der Waals surface area contributed by atoms with Gasteiger partial charge in [-0.3, -0.25) is 0 Å². The number of hydrogen-bond donors (Lipinski definition) is 1. The van der Waals surface area contributed by atoms with Crippen molar-refractivity contribution in [1.29, 1.82) is 0 Å². The van der Waals surface area contributed by atoms with Gasteiger partial charge in [0.1, 0.15) is 0 Å². The molecule has 0 aliphatic heterocycles. The normalized spacial score (nSPS) is 19.9. The van der Waals surface area contributed by atoms with Gasteiger partial charge in [-0.05, 0) is 44.7 Å². The minimum absolute atomic E-state index is 0.625. The summed E-state index contributed by atoms with van der Waals surface area (Å²) in [5.41, 5.74) is 0.625. The fourth-order valence-corrected chi connectivity index (χ4v) is 3.10. The second-order valence-corrected chi connectivity index (χ2v) is 6.29. The largest absolute Gasteiger partial charge is 0.315 e. The topological polar surface area (TPSA) is 15.3 Å². The van der Waals surface area contributed by atoms with Crippen LogP contribution in [0.3, 0.4) is 0 Å². The highest BCUT2D eigenvalue weighted by molar-refractivity contribution is 4.87. The predicted octanol–water partition coefficient (Wildman–Crippen LogP) is 2.74. The second kappa shape index (κ2) is 6.61. The number of rotatable bonds is 7. The van der Waals surface area contributed by atoms with Crippen LogP contribution in [0, 0.1) is 11.3 Å². The maximum Gasteiger partial charge on any atom is 0.0101 e. The number of likely N-dealkylation sites (N-methyl/N-ethyl adjacent to an activating group) is 1. The van der Waals surface area contributed by atoms with E-state index in [9.17, 15) is 0 Å². The van der Waals surface area contributed by atoms with Crippen LogP contribution in [0.15, 0.2) is 0 Å². The Labute approximate surface area is 102 Å². The monoisotopic (exact) mass is 226 g/mol. The minimum atomic E-state index is 0.625. The molecule has 1 saturated carbocycles. The fourth-order valence-electron chi connectivity index (χ4n) is 3.10. The van der Waals surface area contributed by atoms with Crippen LogP contribution in [0.5, 0.6) is 0 Å². The van der Waals surface area contributed by atoms with Crippen molar-refractivity contribution in [2.45, 2.75) is 46.0 Å². The van der Waals surface area contributed by atoms with E-state index in [0.717, 1.165) is 19.0 Å². The Morgan fingerprint density at radius 3 is 2.31 bits per heavy atom. The van der Waals surface area contributed by atoms with Gasteiger partial charge in [-0.2, -0.15) is 0 Å². The van der Waals surface area contributed by atoms with E-state index in [1.807, 2.05) is 0 Å². The van der Waals surface area contributed by atoms with Gasteiger partial charge < -0.3 is 10.2 Å². The van der Waals surface area contributed by atoms with Gasteiger partial charge in [0, 0.05) is 19.6 Å². The van der Waals surface area contributed by atoms with Crippen LogP contribution in [0.25, 0.3) is 0 Å². The van der Waals surface area contributed by atoms with E-state index in [4.69, 9.17) is 0 Å². The van der Waals surface area contributed by atoms with E-state index in [1.165, 1.54) is 38.6 Å². The van der Waals surface area contributed by atoms with Crippen LogP contribution >= 0.6 is 0 Å². The van der Waals surface area contributed by atoms with Crippen LogP contribution in [0.4, 0.5) is 0 Å². The average Bonchev–Trinajstić information content (AvgIpc) is 2.60. The van der Waals surface area contributed by atoms with Gasteiger partial charge in [-0.15, -0.1) is 0 Å². The Bertz CT molecular complexity index is 181. The molecule has 0 heterocycles. The molecule has 0 radical (unpaired) electrons. The SMILES string of the molecule is CC(C)CC1(CNCCN(C)C)CCCC1. The molecule has 1 rings (SSSR count). The molecule has 2 nitrogen and oxygen atoms in total. The Morgan fingerprint density at radius 2 is 1.81 bits per heavy atom. The zero-order valence-corrected chi connectivity index (χ0v) is 11.7. The van der Waals surface area contributed by atoms with Crippen LogP contribution in [-0.4, -0.2) is 38.6 Å². The van der Waals surface area contributed by atoms with Crippen molar-refractivity contribution in [3.63, 3.8) is 0 Å². The van der Waals surface area contributed by atoms with Crippen LogP contribution in [0.2, 0.25) is 0 Å². The molecule has 0 spiro atoms. The average molecular weight is 226 g/mol. The summed E-state index contributed by atoms with van der Waals surface area (Å²) >= 11 is 0. The van der Waals surface area contributed by atoms with E-state index in [-0.39, 0.29) is 0 Å². The van der Waals surface area contributed by atoms with Crippen LogP contribution < -0.4 is 5.32 Å². The van der Waals surface area contributed by atoms with Crippen molar-refractivity contribution >= 4 is 0 Å². The first kappa shape index (κ1) is 14.0. The minimum Gasteiger partial charge on any atom is -0.315 e. The highest BCUT2D eigenvalue weighted by Crippen LogP contribution is 2.42. The third-order valence-corrected chi connectivity index (χ3v) is 3.74. The fraction of sp³-hybridized carbons (Fsp3) is 1.00. The Morgan fingerprint density at radius 1 is 1.19 bits per heavy atom. The van der Waals surface area contributed by atoms with Gasteiger partial charge in [-0.1, -0.05) is 26.7 Å². The van der Waals surface area contributed by atoms with Crippen molar-refractivity contribution in [2.75, 3.05) is 33.7 Å². The maximum atomic E-state index is 3.66. The zero-order valence-electron chi connectivity index (χ0n) is 11.7. The molecule has 0 amide bonds. The first-order valence-corrected chi connectivity index (χ1v) is 6.89. The zero-order chi connectivity index (χ0) is 12.0. The second-order valence-electron chi connectivity index (χ2n) is 6.29. The summed E-state index contributed by atoms with van der Waals surface area (Å²) in [6, 6.07) is 0. The van der Waals surface area contributed by atoms with Crippen molar-refractivity contribution in [1.82, 2.24) is 10.2 Å². The molecule has 0 saturated heterocycles. The Kier molecular flexibility index (Phi) is 5.77. The highest BCUT2D eigenvalue weighted by Gasteiger charge is 2.33. The molecule has 2 heteroatoms. The Balaban J connectivity index is 2.28. The molecule has 1 fully saturated rings. The lowest BCUT2D eigenvalue weighted by molar-refractivity contribution is 0.221. The van der Waals surface area contributed by atoms with Crippen molar-refractivity contribution < 1.29 is 0 Å². The standard InChI is InChI=1S/C14H30N2/c1-13(2)11-14(7-5-6-8-14)12-15-9-10-16(3)4/h13,15H,5-12H2,1-4H3. The summed E-state index contributed by atoms with van der Waals surface area (Å²) in [4.78, 5) is 2.25. The third-order valence-electron chi connectivity index (χ3n) is 3.74. The molecule has 0 aromatic rings. The lowest BCUT2D eigenvalue weighted by Crippen LogP contribution is -2.36. The quantitative estimate of drug-likeness (QED) is 0.672. The Hall–Kier alpha value is -0.0800. The first-order chi connectivity index (χ1) is 7.54. The van der Waals surface area contributed by atoms with Crippen LogP contribution in [0.1, 0.15) is 46.0 Å². The van der Waals surface area contributed by atoms with E-state index in [1.54, 1.807) is 0 Å². The smallest absolute Gasteiger partial charge is 0.0101 e. The van der Waals surface area contributed by atoms with Crippen molar-refractivity contribution in [2.24, 2.45) is 11.3 Å². The van der Waals surface area contributed by atoms with Gasteiger partial charge in [0.15, 0.2) is 0 Å². The highest BCUT2D eigenvalue weighted by atomic mass is 15.1. The van der Waals surface area contributed by atoms with Gasteiger partial charge >= 0.3 is 0 Å². The predicted molar refractivity (Wildman–Crippen MR) is 71.8 cm³/mol. The van der Waals surface area contributed by atoms with Gasteiger partial charge in [0.2, 0.25) is 0 Å². The van der Waals surface area contributed by atoms with Gasteiger partial charge in [-0.25, -0.2) is 0 Å². The molecular weight excluding hydrogens is 196 g/mol. The van der Waals surface area contributed by atoms with Gasteiger partial charge in [0.25, 0.3) is 0 Å². The number of hydrogen-bond acceptors (Lipinski definition) is 2. The summed E-state index contributed by atoms with van der Waals surface area (Å²) < 4.78 is 0. The molecule has 0 aromatic heterocycles. The molecule has 0 atom stereocenters. The molecule has 0 unspecified atom stereocenters. The summed E-state index contributed by atoms with van der Waals surface area (Å²) in [7, 11) is 4.28. The third kappa shape index (κ3) is 4.84. The lowest BCUT2D eigenvalue weighted by atomic mass is 9.78. The number of nitrogens with zero attached hydrogens (tertiary/aromatic N) is 1. The molecule has 1 N–H and O–H groups in total. The lowest BCUT2D eigenvalue weighted by Gasteiger charge is -2.31.